The van der Waals surface area contributed by atoms with Crippen LogP contribution in [0, 0.1) is 0 Å². The monoisotopic (exact) mass is 185 g/mol. The zero-order valence-electron chi connectivity index (χ0n) is 8.71. The number of carbonyl (C=O) groups is 1. The first-order valence-electron chi connectivity index (χ1n) is 4.98. The van der Waals surface area contributed by atoms with Gasteiger partial charge in [-0.3, -0.25) is 4.79 Å². The number of carbonyl (C=O) groups excluding carboxylic acids is 1. The Morgan fingerprint density at radius 1 is 1.62 bits per heavy atom. The second-order valence-corrected chi connectivity index (χ2v) is 4.24. The van der Waals surface area contributed by atoms with Crippen LogP contribution in [0.4, 0.5) is 0 Å². The van der Waals surface area contributed by atoms with Crippen molar-refractivity contribution in [1.29, 1.82) is 0 Å². The van der Waals surface area contributed by atoms with Crippen molar-refractivity contribution in [1.82, 2.24) is 4.90 Å². The van der Waals surface area contributed by atoms with Crippen molar-refractivity contribution in [3.63, 3.8) is 0 Å². The van der Waals surface area contributed by atoms with E-state index < -0.39 is 5.60 Å². The summed E-state index contributed by atoms with van der Waals surface area (Å²) in [5.74, 6) is 0.181. The van der Waals surface area contributed by atoms with E-state index in [-0.39, 0.29) is 11.9 Å². The predicted octanol–water partition coefficient (Wildman–Crippen LogP) is 1.16. The lowest BCUT2D eigenvalue weighted by Gasteiger charge is -2.41. The predicted molar refractivity (Wildman–Crippen MR) is 51.3 cm³/mol. The van der Waals surface area contributed by atoms with E-state index in [9.17, 15) is 9.90 Å². The second kappa shape index (κ2) is 3.66. The van der Waals surface area contributed by atoms with Gasteiger partial charge in [0.05, 0.1) is 11.6 Å². The maximum atomic E-state index is 11.5. The average molecular weight is 185 g/mol. The number of nitrogens with zero attached hydrogens (tertiary/aromatic N) is 1. The van der Waals surface area contributed by atoms with Gasteiger partial charge in [0, 0.05) is 13.0 Å². The van der Waals surface area contributed by atoms with Crippen LogP contribution in [0.3, 0.4) is 0 Å². The summed E-state index contributed by atoms with van der Waals surface area (Å²) in [6.07, 6.45) is 2.47. The highest BCUT2D eigenvalue weighted by atomic mass is 16.3. The van der Waals surface area contributed by atoms with Gasteiger partial charge in [-0.15, -0.1) is 0 Å². The Morgan fingerprint density at radius 2 is 2.23 bits per heavy atom. The summed E-state index contributed by atoms with van der Waals surface area (Å²) in [5, 5.41) is 9.87. The molecule has 0 aliphatic carbocycles. The van der Waals surface area contributed by atoms with Crippen molar-refractivity contribution in [3.05, 3.63) is 0 Å². The largest absolute Gasteiger partial charge is 0.388 e. The first kappa shape index (κ1) is 10.5. The summed E-state index contributed by atoms with van der Waals surface area (Å²) in [5.41, 5.74) is -0.772. The molecule has 1 saturated heterocycles. The standard InChI is InChI=1S/C10H19NO2/c1-4-11-8(10(2,3)13)6-5-7-9(11)12/h8,13H,4-7H2,1-3H3. The number of aliphatic hydroxyl groups is 1. The van der Waals surface area contributed by atoms with E-state index in [1.807, 2.05) is 6.92 Å². The van der Waals surface area contributed by atoms with E-state index in [0.717, 1.165) is 12.8 Å². The van der Waals surface area contributed by atoms with Crippen LogP contribution in [0.5, 0.6) is 0 Å². The normalized spacial score (nSPS) is 25.1. The van der Waals surface area contributed by atoms with Crippen molar-refractivity contribution in [2.45, 2.75) is 51.7 Å². The molecule has 0 bridgehead atoms. The fraction of sp³-hybridized carbons (Fsp3) is 0.900. The van der Waals surface area contributed by atoms with Gasteiger partial charge in [0.1, 0.15) is 0 Å². The molecule has 0 aromatic carbocycles. The Bertz CT molecular complexity index is 196. The minimum absolute atomic E-state index is 0.00116. The van der Waals surface area contributed by atoms with E-state index in [1.54, 1.807) is 18.7 Å². The molecule has 1 unspecified atom stereocenters. The molecule has 0 saturated carbocycles. The van der Waals surface area contributed by atoms with Crippen LogP contribution in [0.25, 0.3) is 0 Å². The van der Waals surface area contributed by atoms with Crippen LogP contribution in [-0.4, -0.2) is 34.1 Å². The molecule has 0 aromatic heterocycles. The number of hydrogen-bond donors (Lipinski definition) is 1. The molecule has 0 radical (unpaired) electrons. The Kier molecular flexibility index (Phi) is 2.96. The van der Waals surface area contributed by atoms with Crippen LogP contribution in [0.2, 0.25) is 0 Å². The zero-order valence-corrected chi connectivity index (χ0v) is 8.71. The highest BCUT2D eigenvalue weighted by molar-refractivity contribution is 5.77. The number of likely N-dealkylation sites (tertiary alicyclic amines) is 1. The van der Waals surface area contributed by atoms with E-state index in [1.165, 1.54) is 0 Å². The maximum Gasteiger partial charge on any atom is 0.222 e. The molecule has 1 fully saturated rings. The molecular weight excluding hydrogens is 166 g/mol. The van der Waals surface area contributed by atoms with Crippen LogP contribution >= 0.6 is 0 Å². The molecule has 1 N–H and O–H groups in total. The van der Waals surface area contributed by atoms with Crippen molar-refractivity contribution >= 4 is 5.91 Å². The molecule has 3 nitrogen and oxygen atoms in total. The van der Waals surface area contributed by atoms with Gasteiger partial charge in [-0.05, 0) is 33.6 Å². The molecular formula is C10H19NO2. The summed E-state index contributed by atoms with van der Waals surface area (Å²) in [6.45, 7) is 6.22. The lowest BCUT2D eigenvalue weighted by Crippen LogP contribution is -2.54. The van der Waals surface area contributed by atoms with E-state index in [0.29, 0.717) is 13.0 Å². The summed E-state index contributed by atoms with van der Waals surface area (Å²) < 4.78 is 0. The number of piperidine rings is 1. The Hall–Kier alpha value is -0.570. The third kappa shape index (κ3) is 2.21. The van der Waals surface area contributed by atoms with Crippen molar-refractivity contribution in [2.75, 3.05) is 6.54 Å². The minimum Gasteiger partial charge on any atom is -0.388 e. The van der Waals surface area contributed by atoms with Gasteiger partial charge >= 0.3 is 0 Å². The number of amides is 1. The Morgan fingerprint density at radius 3 is 2.62 bits per heavy atom. The number of rotatable bonds is 2. The third-order valence-electron chi connectivity index (χ3n) is 2.72. The van der Waals surface area contributed by atoms with Gasteiger partial charge in [-0.1, -0.05) is 0 Å². The molecule has 1 rings (SSSR count). The van der Waals surface area contributed by atoms with E-state index in [4.69, 9.17) is 0 Å². The van der Waals surface area contributed by atoms with Gasteiger partial charge in [0.15, 0.2) is 0 Å². The van der Waals surface area contributed by atoms with E-state index >= 15 is 0 Å². The third-order valence-corrected chi connectivity index (χ3v) is 2.72. The van der Waals surface area contributed by atoms with Crippen molar-refractivity contribution in [3.8, 4) is 0 Å². The highest BCUT2D eigenvalue weighted by Crippen LogP contribution is 2.26. The van der Waals surface area contributed by atoms with Crippen LogP contribution < -0.4 is 0 Å². The molecule has 3 heteroatoms. The molecule has 76 valence electrons. The van der Waals surface area contributed by atoms with Gasteiger partial charge in [-0.25, -0.2) is 0 Å². The van der Waals surface area contributed by atoms with Gasteiger partial charge < -0.3 is 10.0 Å². The SMILES string of the molecule is CCN1C(=O)CCCC1C(C)(C)O. The first-order valence-corrected chi connectivity index (χ1v) is 4.98. The van der Waals surface area contributed by atoms with Gasteiger partial charge in [-0.2, -0.15) is 0 Å². The molecule has 0 aromatic rings. The second-order valence-electron chi connectivity index (χ2n) is 4.24. The minimum atomic E-state index is -0.772. The molecule has 1 amide bonds. The van der Waals surface area contributed by atoms with Gasteiger partial charge in [0.2, 0.25) is 5.91 Å². The Balaban J connectivity index is 2.76. The first-order chi connectivity index (χ1) is 5.96. The lowest BCUT2D eigenvalue weighted by atomic mass is 9.89. The van der Waals surface area contributed by atoms with Gasteiger partial charge in [0.25, 0.3) is 0 Å². The smallest absolute Gasteiger partial charge is 0.222 e. The van der Waals surface area contributed by atoms with Crippen molar-refractivity contribution < 1.29 is 9.90 Å². The maximum absolute atomic E-state index is 11.5. The summed E-state index contributed by atoms with van der Waals surface area (Å²) in [7, 11) is 0. The molecule has 1 aliphatic heterocycles. The molecule has 0 spiro atoms. The number of hydrogen-bond acceptors (Lipinski definition) is 2. The topological polar surface area (TPSA) is 40.5 Å². The molecule has 1 aliphatic rings. The fourth-order valence-electron chi connectivity index (χ4n) is 2.05. The molecule has 1 heterocycles. The summed E-state index contributed by atoms with van der Waals surface area (Å²) in [6, 6.07) is -0.00116. The highest BCUT2D eigenvalue weighted by Gasteiger charge is 2.36. The molecule has 13 heavy (non-hydrogen) atoms. The zero-order chi connectivity index (χ0) is 10.1. The summed E-state index contributed by atoms with van der Waals surface area (Å²) >= 11 is 0. The number of likely N-dealkylation sites (N-methyl/N-ethyl adjacent to an activating group) is 1. The van der Waals surface area contributed by atoms with Crippen LogP contribution in [0.1, 0.15) is 40.0 Å². The average Bonchev–Trinajstić information content (AvgIpc) is 2.02. The van der Waals surface area contributed by atoms with E-state index in [2.05, 4.69) is 0 Å². The van der Waals surface area contributed by atoms with Crippen LogP contribution in [-0.2, 0) is 4.79 Å². The fourth-order valence-corrected chi connectivity index (χ4v) is 2.05. The van der Waals surface area contributed by atoms with Crippen LogP contribution in [0.15, 0.2) is 0 Å². The Labute approximate surface area is 79.7 Å². The lowest BCUT2D eigenvalue weighted by molar-refractivity contribution is -0.143. The summed E-state index contributed by atoms with van der Waals surface area (Å²) in [4.78, 5) is 13.3. The van der Waals surface area contributed by atoms with Crippen molar-refractivity contribution in [2.24, 2.45) is 0 Å². The quantitative estimate of drug-likeness (QED) is 0.701. The molecule has 1 atom stereocenters.